The molecule has 9 nitrogen and oxygen atoms in total. The summed E-state index contributed by atoms with van der Waals surface area (Å²) in [5.41, 5.74) is -2.61. The minimum absolute atomic E-state index is 0.000248. The summed E-state index contributed by atoms with van der Waals surface area (Å²) in [5, 5.41) is 0. The van der Waals surface area contributed by atoms with E-state index in [-0.39, 0.29) is 31.7 Å². The van der Waals surface area contributed by atoms with Crippen LogP contribution in [-0.2, 0) is 27.4 Å². The standard InChI is InChI=1S/C14H21N3O6/c1-3-4-9-23-11(19)6-8-17-13(21)15-12(20)16(14(17)22)7-5-10(2)18/h3-9H2,1-2H3,(H,15,20,21). The van der Waals surface area contributed by atoms with Gasteiger partial charge in [0.15, 0.2) is 0 Å². The molecule has 0 saturated carbocycles. The Hall–Kier alpha value is -2.45. The van der Waals surface area contributed by atoms with Crippen LogP contribution >= 0.6 is 0 Å². The van der Waals surface area contributed by atoms with Gasteiger partial charge in [-0.05, 0) is 13.3 Å². The molecule has 0 amide bonds. The average Bonchev–Trinajstić information content (AvgIpc) is 2.46. The summed E-state index contributed by atoms with van der Waals surface area (Å²) in [4.78, 5) is 60.0. The maximum atomic E-state index is 12.1. The van der Waals surface area contributed by atoms with Crippen LogP contribution in [0.15, 0.2) is 14.4 Å². The number of nitrogens with zero attached hydrogens (tertiary/aromatic N) is 2. The van der Waals surface area contributed by atoms with Gasteiger partial charge in [0, 0.05) is 19.5 Å². The number of H-pyrrole nitrogens is 1. The van der Waals surface area contributed by atoms with Crippen LogP contribution in [-0.4, -0.2) is 32.5 Å². The summed E-state index contributed by atoms with van der Waals surface area (Å²) in [6.45, 7) is 3.27. The maximum Gasteiger partial charge on any atom is 0.336 e. The lowest BCUT2D eigenvalue weighted by molar-refractivity contribution is -0.144. The van der Waals surface area contributed by atoms with E-state index in [4.69, 9.17) is 4.74 Å². The molecule has 1 N–H and O–H groups in total. The summed E-state index contributed by atoms with van der Waals surface area (Å²) < 4.78 is 6.46. The van der Waals surface area contributed by atoms with Gasteiger partial charge in [-0.1, -0.05) is 13.3 Å². The third-order valence-electron chi connectivity index (χ3n) is 3.15. The fourth-order valence-corrected chi connectivity index (χ4v) is 1.82. The Morgan fingerprint density at radius 3 is 2.13 bits per heavy atom. The predicted molar refractivity (Wildman–Crippen MR) is 81.4 cm³/mol. The first-order chi connectivity index (χ1) is 10.9. The number of rotatable bonds is 9. The van der Waals surface area contributed by atoms with E-state index in [0.717, 1.165) is 22.0 Å². The number of hydrogen-bond donors (Lipinski definition) is 1. The van der Waals surface area contributed by atoms with E-state index in [1.807, 2.05) is 11.9 Å². The quantitative estimate of drug-likeness (QED) is 0.478. The Labute approximate surface area is 131 Å². The molecule has 0 bridgehead atoms. The van der Waals surface area contributed by atoms with Gasteiger partial charge in [-0.2, -0.15) is 0 Å². The Kier molecular flexibility index (Phi) is 7.17. The normalized spacial score (nSPS) is 10.5. The van der Waals surface area contributed by atoms with Crippen molar-refractivity contribution in [3.05, 3.63) is 31.5 Å². The fourth-order valence-electron chi connectivity index (χ4n) is 1.82. The van der Waals surface area contributed by atoms with Crippen molar-refractivity contribution in [3.8, 4) is 0 Å². The number of nitrogens with one attached hydrogen (secondary N) is 1. The van der Waals surface area contributed by atoms with Gasteiger partial charge in [0.05, 0.1) is 13.0 Å². The molecule has 1 aromatic rings. The molecule has 0 aliphatic heterocycles. The third-order valence-corrected chi connectivity index (χ3v) is 3.15. The van der Waals surface area contributed by atoms with Crippen molar-refractivity contribution in [1.82, 2.24) is 14.1 Å². The van der Waals surface area contributed by atoms with Crippen molar-refractivity contribution in [2.24, 2.45) is 0 Å². The lowest BCUT2D eigenvalue weighted by atomic mass is 10.3. The molecular formula is C14H21N3O6. The molecule has 0 atom stereocenters. The predicted octanol–water partition coefficient (Wildman–Crippen LogP) is -0.589. The number of hydrogen-bond acceptors (Lipinski definition) is 6. The number of unbranched alkanes of at least 4 members (excludes halogenated alkanes) is 1. The number of aromatic amines is 1. The molecule has 0 aromatic carbocycles. The van der Waals surface area contributed by atoms with E-state index in [2.05, 4.69) is 0 Å². The molecule has 1 rings (SSSR count). The van der Waals surface area contributed by atoms with Crippen LogP contribution in [0.1, 0.15) is 39.5 Å². The number of carbonyl (C=O) groups is 2. The minimum Gasteiger partial charge on any atom is -0.466 e. The highest BCUT2D eigenvalue weighted by Crippen LogP contribution is 1.93. The van der Waals surface area contributed by atoms with E-state index in [0.29, 0.717) is 6.61 Å². The van der Waals surface area contributed by atoms with Crippen molar-refractivity contribution in [2.75, 3.05) is 6.61 Å². The zero-order valence-electron chi connectivity index (χ0n) is 13.3. The van der Waals surface area contributed by atoms with Gasteiger partial charge in [-0.15, -0.1) is 0 Å². The molecule has 0 unspecified atom stereocenters. The summed E-state index contributed by atoms with van der Waals surface area (Å²) in [7, 11) is 0. The number of esters is 1. The average molecular weight is 327 g/mol. The summed E-state index contributed by atoms with van der Waals surface area (Å²) in [6, 6.07) is 0. The van der Waals surface area contributed by atoms with Crippen molar-refractivity contribution in [1.29, 1.82) is 0 Å². The van der Waals surface area contributed by atoms with Gasteiger partial charge < -0.3 is 4.74 Å². The molecule has 0 aliphatic rings. The Morgan fingerprint density at radius 1 is 1.04 bits per heavy atom. The van der Waals surface area contributed by atoms with Gasteiger partial charge in [-0.3, -0.25) is 14.6 Å². The lowest BCUT2D eigenvalue weighted by Gasteiger charge is -2.08. The highest BCUT2D eigenvalue weighted by atomic mass is 16.5. The molecule has 0 saturated heterocycles. The second-order valence-corrected chi connectivity index (χ2v) is 5.10. The van der Waals surface area contributed by atoms with Crippen LogP contribution < -0.4 is 17.1 Å². The number of carbonyl (C=O) groups excluding carboxylic acids is 2. The Balaban J connectivity index is 2.86. The van der Waals surface area contributed by atoms with Gasteiger partial charge in [0.1, 0.15) is 5.78 Å². The van der Waals surface area contributed by atoms with Crippen LogP contribution in [0, 0.1) is 0 Å². The smallest absolute Gasteiger partial charge is 0.336 e. The zero-order chi connectivity index (χ0) is 17.4. The van der Waals surface area contributed by atoms with E-state index >= 15 is 0 Å². The topological polar surface area (TPSA) is 120 Å². The number of ether oxygens (including phenoxy) is 1. The number of Topliss-reactive ketones (excluding diaryl/α,β-unsaturated/α-hetero) is 1. The number of aromatic nitrogens is 3. The van der Waals surface area contributed by atoms with E-state index in [1.165, 1.54) is 6.92 Å². The molecule has 128 valence electrons. The maximum absolute atomic E-state index is 12.1. The first-order valence-electron chi connectivity index (χ1n) is 7.45. The molecule has 1 aromatic heterocycles. The van der Waals surface area contributed by atoms with Crippen LogP contribution in [0.5, 0.6) is 0 Å². The van der Waals surface area contributed by atoms with Crippen molar-refractivity contribution < 1.29 is 14.3 Å². The molecule has 23 heavy (non-hydrogen) atoms. The molecule has 0 aliphatic carbocycles. The van der Waals surface area contributed by atoms with E-state index in [9.17, 15) is 24.0 Å². The summed E-state index contributed by atoms with van der Waals surface area (Å²) in [6.07, 6.45) is 1.47. The number of ketones is 1. The van der Waals surface area contributed by atoms with Crippen LogP contribution in [0.2, 0.25) is 0 Å². The van der Waals surface area contributed by atoms with Gasteiger partial charge in [-0.25, -0.2) is 23.5 Å². The third kappa shape index (κ3) is 5.68. The fraction of sp³-hybridized carbons (Fsp3) is 0.643. The van der Waals surface area contributed by atoms with E-state index in [1.54, 1.807) is 0 Å². The lowest BCUT2D eigenvalue weighted by Crippen LogP contribution is -2.49. The monoisotopic (exact) mass is 327 g/mol. The van der Waals surface area contributed by atoms with Crippen molar-refractivity contribution >= 4 is 11.8 Å². The summed E-state index contributed by atoms with van der Waals surface area (Å²) >= 11 is 0. The van der Waals surface area contributed by atoms with Crippen molar-refractivity contribution in [2.45, 2.75) is 52.6 Å². The molecule has 0 fully saturated rings. The molecular weight excluding hydrogens is 306 g/mol. The van der Waals surface area contributed by atoms with Crippen LogP contribution in [0.4, 0.5) is 0 Å². The van der Waals surface area contributed by atoms with Crippen LogP contribution in [0.3, 0.4) is 0 Å². The van der Waals surface area contributed by atoms with Crippen LogP contribution in [0.25, 0.3) is 0 Å². The Bertz CT molecular complexity index is 727. The Morgan fingerprint density at radius 2 is 1.61 bits per heavy atom. The first-order valence-corrected chi connectivity index (χ1v) is 7.45. The first kappa shape index (κ1) is 18.6. The second-order valence-electron chi connectivity index (χ2n) is 5.10. The van der Waals surface area contributed by atoms with E-state index < -0.39 is 23.0 Å². The van der Waals surface area contributed by atoms with Gasteiger partial charge in [0.25, 0.3) is 0 Å². The highest BCUT2D eigenvalue weighted by Gasteiger charge is 2.12. The summed E-state index contributed by atoms with van der Waals surface area (Å²) in [5.74, 6) is -0.709. The van der Waals surface area contributed by atoms with Gasteiger partial charge in [0.2, 0.25) is 0 Å². The largest absolute Gasteiger partial charge is 0.466 e. The molecule has 0 spiro atoms. The zero-order valence-corrected chi connectivity index (χ0v) is 13.3. The van der Waals surface area contributed by atoms with Gasteiger partial charge >= 0.3 is 23.0 Å². The SMILES string of the molecule is CCCCOC(=O)CCn1c(=O)[nH]c(=O)n(CCC(C)=O)c1=O. The second kappa shape index (κ2) is 8.86. The highest BCUT2D eigenvalue weighted by molar-refractivity contribution is 5.75. The molecule has 9 heteroatoms. The van der Waals surface area contributed by atoms with Crippen molar-refractivity contribution in [3.63, 3.8) is 0 Å². The molecule has 0 radical (unpaired) electrons. The minimum atomic E-state index is -0.888. The molecule has 1 heterocycles.